The van der Waals surface area contributed by atoms with Crippen molar-refractivity contribution >= 4 is 38.3 Å². The second kappa shape index (κ2) is 10.1. The number of benzene rings is 2. The molecule has 1 heterocycles. The zero-order valence-corrected chi connectivity index (χ0v) is 20.5. The Balaban J connectivity index is 1.58. The lowest BCUT2D eigenvalue weighted by Crippen LogP contribution is -2.42. The van der Waals surface area contributed by atoms with Gasteiger partial charge in [-0.05, 0) is 72.7 Å². The molecule has 0 bridgehead atoms. The number of nitrogens with one attached hydrogen (secondary N) is 2. The van der Waals surface area contributed by atoms with E-state index in [1.54, 1.807) is 42.5 Å². The van der Waals surface area contributed by atoms with Crippen LogP contribution in [0.2, 0.25) is 0 Å². The van der Waals surface area contributed by atoms with Crippen molar-refractivity contribution in [2.24, 2.45) is 0 Å². The summed E-state index contributed by atoms with van der Waals surface area (Å²) in [6, 6.07) is 15.0. The van der Waals surface area contributed by atoms with Gasteiger partial charge in [0.15, 0.2) is 0 Å². The lowest BCUT2D eigenvalue weighted by Gasteiger charge is -2.28. The molecule has 0 aliphatic heterocycles. The third kappa shape index (κ3) is 7.03. The Morgan fingerprint density at radius 3 is 2.58 bits per heavy atom. The van der Waals surface area contributed by atoms with Crippen molar-refractivity contribution in [2.75, 3.05) is 11.3 Å². The molecule has 0 spiro atoms. The molecule has 1 aromatic heterocycles. The van der Waals surface area contributed by atoms with Gasteiger partial charge in [0.2, 0.25) is 0 Å². The molecule has 0 saturated carbocycles. The van der Waals surface area contributed by atoms with Gasteiger partial charge in [0.25, 0.3) is 10.0 Å². The van der Waals surface area contributed by atoms with Gasteiger partial charge in [-0.1, -0.05) is 30.3 Å². The second-order valence-corrected chi connectivity index (χ2v) is 10.8. The van der Waals surface area contributed by atoms with E-state index in [0.29, 0.717) is 17.8 Å². The minimum absolute atomic E-state index is 0.191. The van der Waals surface area contributed by atoms with Crippen LogP contribution in [0.5, 0.6) is 0 Å². The van der Waals surface area contributed by atoms with Gasteiger partial charge in [-0.15, -0.1) is 0 Å². The molecule has 0 radical (unpaired) electrons. The fraction of sp³-hybridized carbons (Fsp3) is 0.318. The number of anilines is 1. The van der Waals surface area contributed by atoms with E-state index in [1.807, 2.05) is 17.1 Å². The summed E-state index contributed by atoms with van der Waals surface area (Å²) in [5, 5.41) is 14.1. The van der Waals surface area contributed by atoms with E-state index in [9.17, 15) is 13.5 Å². The van der Waals surface area contributed by atoms with Crippen LogP contribution in [0.1, 0.15) is 31.9 Å². The van der Waals surface area contributed by atoms with Crippen molar-refractivity contribution in [2.45, 2.75) is 43.4 Å². The van der Waals surface area contributed by atoms with Crippen LogP contribution in [0.25, 0.3) is 0 Å². The molecule has 0 saturated heterocycles. The van der Waals surface area contributed by atoms with E-state index < -0.39 is 16.1 Å². The third-order valence-corrected chi connectivity index (χ3v) is 6.90. The maximum Gasteiger partial charge on any atom is 0.261 e. The first kappa shape index (κ1) is 23.7. The van der Waals surface area contributed by atoms with Crippen molar-refractivity contribution < 1.29 is 13.5 Å². The summed E-state index contributed by atoms with van der Waals surface area (Å²) in [5.41, 5.74) is 0.860. The highest BCUT2D eigenvalue weighted by Crippen LogP contribution is 2.21. The standard InChI is InChI=1S/C22H27IN4O3S/c1-22(2,11-12-27-15-21(23)24-16-27)25-14-20(28)17-7-6-8-18(13-17)26-31(29,30)19-9-4-3-5-10-19/h3-10,13,15-16,20,25-26,28H,11-12,14H2,1-2H3/t20-/m0/s1. The quantitative estimate of drug-likeness (QED) is 0.332. The predicted molar refractivity (Wildman–Crippen MR) is 130 cm³/mol. The number of hydrogen-bond acceptors (Lipinski definition) is 5. The Kier molecular flexibility index (Phi) is 7.73. The maximum absolute atomic E-state index is 12.5. The average Bonchev–Trinajstić information content (AvgIpc) is 3.16. The van der Waals surface area contributed by atoms with Crippen molar-refractivity contribution in [1.29, 1.82) is 0 Å². The lowest BCUT2D eigenvalue weighted by molar-refractivity contribution is 0.158. The first-order valence-electron chi connectivity index (χ1n) is 9.93. The summed E-state index contributed by atoms with van der Waals surface area (Å²) in [6.07, 6.45) is 3.90. The maximum atomic E-state index is 12.5. The third-order valence-electron chi connectivity index (χ3n) is 4.95. The van der Waals surface area contributed by atoms with Crippen LogP contribution in [0, 0.1) is 3.70 Å². The number of nitrogens with zero attached hydrogens (tertiary/aromatic N) is 2. The highest BCUT2D eigenvalue weighted by Gasteiger charge is 2.20. The summed E-state index contributed by atoms with van der Waals surface area (Å²) in [6.45, 7) is 5.35. The zero-order valence-electron chi connectivity index (χ0n) is 17.5. The van der Waals surface area contributed by atoms with Crippen LogP contribution in [-0.2, 0) is 16.6 Å². The number of aliphatic hydroxyl groups excluding tert-OH is 1. The molecule has 31 heavy (non-hydrogen) atoms. The van der Waals surface area contributed by atoms with Crippen LogP contribution in [0.15, 0.2) is 72.0 Å². The van der Waals surface area contributed by atoms with Gasteiger partial charge in [-0.3, -0.25) is 4.72 Å². The molecule has 7 nitrogen and oxygen atoms in total. The lowest BCUT2D eigenvalue weighted by atomic mass is 9.99. The van der Waals surface area contributed by atoms with Crippen LogP contribution in [0.3, 0.4) is 0 Å². The summed E-state index contributed by atoms with van der Waals surface area (Å²) in [5.74, 6) is 0. The number of imidazole rings is 1. The Hall–Kier alpha value is -1.95. The van der Waals surface area contributed by atoms with Gasteiger partial charge in [0.1, 0.15) is 3.70 Å². The molecule has 0 aliphatic rings. The molecular formula is C22H27IN4O3S. The predicted octanol–water partition coefficient (Wildman–Crippen LogP) is 3.78. The van der Waals surface area contributed by atoms with Gasteiger partial charge in [-0.25, -0.2) is 13.4 Å². The van der Waals surface area contributed by atoms with Crippen LogP contribution < -0.4 is 10.0 Å². The monoisotopic (exact) mass is 554 g/mol. The fourth-order valence-corrected chi connectivity index (χ4v) is 4.62. The van der Waals surface area contributed by atoms with E-state index in [4.69, 9.17) is 0 Å². The molecule has 0 aliphatic carbocycles. The van der Waals surface area contributed by atoms with Crippen molar-refractivity contribution in [3.8, 4) is 0 Å². The Morgan fingerprint density at radius 1 is 1.16 bits per heavy atom. The van der Waals surface area contributed by atoms with E-state index in [1.165, 1.54) is 12.1 Å². The summed E-state index contributed by atoms with van der Waals surface area (Å²) in [7, 11) is -3.68. The topological polar surface area (TPSA) is 96.2 Å². The first-order chi connectivity index (χ1) is 14.6. The Labute approximate surface area is 197 Å². The zero-order chi connectivity index (χ0) is 22.5. The fourth-order valence-electron chi connectivity index (χ4n) is 3.07. The Morgan fingerprint density at radius 2 is 1.90 bits per heavy atom. The van der Waals surface area contributed by atoms with E-state index >= 15 is 0 Å². The molecule has 2 aromatic carbocycles. The number of aromatic nitrogens is 2. The SMILES string of the molecule is CC(C)(CCn1cnc(I)c1)NC[C@H](O)c1cccc(NS(=O)(=O)c2ccccc2)c1. The minimum atomic E-state index is -3.68. The molecule has 0 fully saturated rings. The first-order valence-corrected chi connectivity index (χ1v) is 12.5. The molecule has 3 rings (SSSR count). The summed E-state index contributed by atoms with van der Waals surface area (Å²) >= 11 is 2.18. The van der Waals surface area contributed by atoms with Crippen LogP contribution >= 0.6 is 22.6 Å². The largest absolute Gasteiger partial charge is 0.387 e. The number of aliphatic hydroxyl groups is 1. The summed E-state index contributed by atoms with van der Waals surface area (Å²) < 4.78 is 30.7. The molecule has 9 heteroatoms. The smallest absolute Gasteiger partial charge is 0.261 e. The average molecular weight is 554 g/mol. The van der Waals surface area contributed by atoms with Crippen LogP contribution in [0.4, 0.5) is 5.69 Å². The van der Waals surface area contributed by atoms with Gasteiger partial charge in [0.05, 0.1) is 17.3 Å². The van der Waals surface area contributed by atoms with Crippen molar-refractivity contribution in [3.63, 3.8) is 0 Å². The number of hydrogen-bond donors (Lipinski definition) is 3. The minimum Gasteiger partial charge on any atom is -0.387 e. The van der Waals surface area contributed by atoms with Gasteiger partial charge in [-0.2, -0.15) is 0 Å². The second-order valence-electron chi connectivity index (χ2n) is 8.01. The van der Waals surface area contributed by atoms with E-state index in [-0.39, 0.29) is 10.4 Å². The number of halogens is 1. The van der Waals surface area contributed by atoms with Gasteiger partial charge >= 0.3 is 0 Å². The highest BCUT2D eigenvalue weighted by atomic mass is 127. The number of β-amino-alcohol motifs (C(OH)–C–C–N with tert-alkyl or cyclic N) is 1. The van der Waals surface area contributed by atoms with Crippen molar-refractivity contribution in [3.05, 3.63) is 76.4 Å². The van der Waals surface area contributed by atoms with Crippen LogP contribution in [-0.4, -0.2) is 35.2 Å². The normalized spacial score (nSPS) is 13.2. The summed E-state index contributed by atoms with van der Waals surface area (Å²) in [4.78, 5) is 4.42. The molecule has 3 aromatic rings. The molecule has 0 unspecified atom stereocenters. The molecule has 0 amide bonds. The van der Waals surface area contributed by atoms with Gasteiger partial charge < -0.3 is 15.0 Å². The molecule has 3 N–H and O–H groups in total. The molecule has 166 valence electrons. The van der Waals surface area contributed by atoms with E-state index in [0.717, 1.165) is 16.7 Å². The Bertz CT molecular complexity index is 1100. The highest BCUT2D eigenvalue weighted by molar-refractivity contribution is 14.1. The van der Waals surface area contributed by atoms with E-state index in [2.05, 4.69) is 51.5 Å². The number of aryl methyl sites for hydroxylation is 1. The van der Waals surface area contributed by atoms with Crippen molar-refractivity contribution in [1.82, 2.24) is 14.9 Å². The molecular weight excluding hydrogens is 527 g/mol. The molecule has 1 atom stereocenters. The number of sulfonamides is 1. The number of rotatable bonds is 10. The van der Waals surface area contributed by atoms with Gasteiger partial charge in [0, 0.05) is 30.5 Å².